The summed E-state index contributed by atoms with van der Waals surface area (Å²) in [6, 6.07) is 7.43. The van der Waals surface area contributed by atoms with Gasteiger partial charge in [-0.15, -0.1) is 0 Å². The minimum atomic E-state index is -0.655. The molecule has 6 rings (SSSR count). The van der Waals surface area contributed by atoms with Gasteiger partial charge in [0.15, 0.2) is 11.5 Å². The Labute approximate surface area is 154 Å². The third-order valence-corrected chi connectivity index (χ3v) is 6.94. The predicted molar refractivity (Wildman–Crippen MR) is 98.2 cm³/mol. The standard InChI is InChI=1S/C21H26N2O3/c1-13(21-9-14-6-15(10-21)8-16(7-14)11-21)22-23-20(24)19-12-25-17-4-2-3-5-18(17)26-19/h2-5,14-16,19H,6-12H2,1H3,(H,23,24)/b22-13-/t14?,15?,16?,19-,21?/m1/s1. The zero-order valence-electron chi connectivity index (χ0n) is 15.2. The van der Waals surface area contributed by atoms with Crippen LogP contribution in [0.3, 0.4) is 0 Å². The first-order chi connectivity index (χ1) is 12.6. The molecule has 0 aromatic heterocycles. The largest absolute Gasteiger partial charge is 0.485 e. The molecule has 1 aliphatic heterocycles. The first kappa shape index (κ1) is 16.2. The molecule has 4 aliphatic carbocycles. The van der Waals surface area contributed by atoms with Crippen molar-refractivity contribution < 1.29 is 14.3 Å². The molecule has 1 N–H and O–H groups in total. The molecule has 5 nitrogen and oxygen atoms in total. The average Bonchev–Trinajstić information content (AvgIpc) is 2.64. The molecule has 0 radical (unpaired) electrons. The van der Waals surface area contributed by atoms with Gasteiger partial charge in [0.2, 0.25) is 6.10 Å². The lowest BCUT2D eigenvalue weighted by molar-refractivity contribution is -0.130. The van der Waals surface area contributed by atoms with Crippen molar-refractivity contribution >= 4 is 11.6 Å². The molecular formula is C21H26N2O3. The van der Waals surface area contributed by atoms with Crippen LogP contribution in [-0.4, -0.2) is 24.3 Å². The summed E-state index contributed by atoms with van der Waals surface area (Å²) in [7, 11) is 0. The molecule has 1 amide bonds. The number of carbonyl (C=O) groups excluding carboxylic acids is 1. The summed E-state index contributed by atoms with van der Waals surface area (Å²) in [4.78, 5) is 12.5. The molecule has 4 saturated carbocycles. The van der Waals surface area contributed by atoms with Gasteiger partial charge in [0.25, 0.3) is 5.91 Å². The fourth-order valence-corrected chi connectivity index (χ4v) is 6.03. The predicted octanol–water partition coefficient (Wildman–Crippen LogP) is 3.53. The number of hydrogen-bond acceptors (Lipinski definition) is 4. The van der Waals surface area contributed by atoms with Crippen molar-refractivity contribution in [1.29, 1.82) is 0 Å². The Morgan fingerprint density at radius 2 is 1.69 bits per heavy atom. The summed E-state index contributed by atoms with van der Waals surface area (Å²) in [6.07, 6.45) is 7.32. The maximum absolute atomic E-state index is 12.5. The number of nitrogens with one attached hydrogen (secondary N) is 1. The van der Waals surface area contributed by atoms with E-state index in [0.29, 0.717) is 11.5 Å². The van der Waals surface area contributed by atoms with Gasteiger partial charge in [-0.25, -0.2) is 5.43 Å². The van der Waals surface area contributed by atoms with Gasteiger partial charge in [-0.05, 0) is 75.3 Å². The van der Waals surface area contributed by atoms with Crippen molar-refractivity contribution in [3.05, 3.63) is 24.3 Å². The van der Waals surface area contributed by atoms with Crippen LogP contribution in [-0.2, 0) is 4.79 Å². The zero-order valence-corrected chi connectivity index (χ0v) is 15.2. The van der Waals surface area contributed by atoms with Gasteiger partial charge in [0, 0.05) is 11.1 Å². The van der Waals surface area contributed by atoms with E-state index in [2.05, 4.69) is 17.5 Å². The van der Waals surface area contributed by atoms with Crippen LogP contribution in [0.5, 0.6) is 11.5 Å². The second kappa shape index (κ2) is 6.00. The van der Waals surface area contributed by atoms with Crippen LogP contribution < -0.4 is 14.9 Å². The number of hydrogen-bond donors (Lipinski definition) is 1. The molecule has 4 fully saturated rings. The van der Waals surface area contributed by atoms with Crippen LogP contribution in [0, 0.1) is 23.2 Å². The number of benzene rings is 1. The summed E-state index contributed by atoms with van der Waals surface area (Å²) in [5, 5.41) is 4.53. The van der Waals surface area contributed by atoms with Gasteiger partial charge in [-0.2, -0.15) is 5.10 Å². The van der Waals surface area contributed by atoms with Gasteiger partial charge < -0.3 is 9.47 Å². The number of hydrazone groups is 1. The van der Waals surface area contributed by atoms with Gasteiger partial charge in [-0.1, -0.05) is 12.1 Å². The van der Waals surface area contributed by atoms with E-state index in [9.17, 15) is 4.79 Å². The molecule has 1 aromatic rings. The molecule has 5 heteroatoms. The van der Waals surface area contributed by atoms with E-state index in [4.69, 9.17) is 9.47 Å². The van der Waals surface area contributed by atoms with E-state index in [1.807, 2.05) is 24.3 Å². The highest BCUT2D eigenvalue weighted by Gasteiger charge is 2.52. The molecule has 138 valence electrons. The lowest BCUT2D eigenvalue weighted by atomic mass is 9.48. The summed E-state index contributed by atoms with van der Waals surface area (Å²) in [6.45, 7) is 2.32. The van der Waals surface area contributed by atoms with Gasteiger partial charge in [-0.3, -0.25) is 4.79 Å². The molecule has 1 atom stereocenters. The molecule has 1 heterocycles. The molecule has 4 bridgehead atoms. The quantitative estimate of drug-likeness (QED) is 0.667. The highest BCUT2D eigenvalue weighted by Crippen LogP contribution is 2.60. The molecule has 5 aliphatic rings. The number of rotatable bonds is 3. The van der Waals surface area contributed by atoms with Crippen molar-refractivity contribution in [2.75, 3.05) is 6.61 Å². The normalized spacial score (nSPS) is 37.5. The summed E-state index contributed by atoms with van der Waals surface area (Å²) < 4.78 is 11.4. The lowest BCUT2D eigenvalue weighted by Crippen LogP contribution is -2.50. The highest BCUT2D eigenvalue weighted by atomic mass is 16.6. The van der Waals surface area contributed by atoms with Crippen LogP contribution >= 0.6 is 0 Å². The Morgan fingerprint density at radius 1 is 1.08 bits per heavy atom. The second-order valence-electron chi connectivity index (χ2n) is 8.74. The van der Waals surface area contributed by atoms with Crippen molar-refractivity contribution in [2.24, 2.45) is 28.3 Å². The third-order valence-electron chi connectivity index (χ3n) is 6.94. The van der Waals surface area contributed by atoms with E-state index < -0.39 is 6.10 Å². The Kier molecular flexibility index (Phi) is 3.73. The Hall–Kier alpha value is -2.04. The monoisotopic (exact) mass is 354 g/mol. The van der Waals surface area contributed by atoms with Gasteiger partial charge in [0.1, 0.15) is 6.61 Å². The maximum atomic E-state index is 12.5. The minimum Gasteiger partial charge on any atom is -0.485 e. The number of fused-ring (bicyclic) bond motifs is 1. The number of ether oxygens (including phenoxy) is 2. The molecule has 26 heavy (non-hydrogen) atoms. The molecular weight excluding hydrogens is 328 g/mol. The Morgan fingerprint density at radius 3 is 2.35 bits per heavy atom. The van der Waals surface area contributed by atoms with Gasteiger partial charge in [0.05, 0.1) is 0 Å². The maximum Gasteiger partial charge on any atom is 0.284 e. The SMILES string of the molecule is C/C(=N/NC(=O)[C@H]1COc2ccccc2O1)C12CC3CC(CC(C3)C1)C2. The minimum absolute atomic E-state index is 0.217. The number of carbonyl (C=O) groups is 1. The smallest absolute Gasteiger partial charge is 0.284 e. The topological polar surface area (TPSA) is 59.9 Å². The van der Waals surface area contributed by atoms with Crippen LogP contribution in [0.2, 0.25) is 0 Å². The van der Waals surface area contributed by atoms with Crippen molar-refractivity contribution in [2.45, 2.75) is 51.6 Å². The van der Waals surface area contributed by atoms with Crippen molar-refractivity contribution in [1.82, 2.24) is 5.43 Å². The molecule has 0 saturated heterocycles. The Bertz CT molecular complexity index is 722. The number of para-hydroxylation sites is 2. The van der Waals surface area contributed by atoms with Crippen LogP contribution in [0.25, 0.3) is 0 Å². The van der Waals surface area contributed by atoms with E-state index in [1.54, 1.807) is 0 Å². The first-order valence-corrected chi connectivity index (χ1v) is 9.84. The van der Waals surface area contributed by atoms with Crippen molar-refractivity contribution in [3.63, 3.8) is 0 Å². The average molecular weight is 354 g/mol. The van der Waals surface area contributed by atoms with Crippen LogP contribution in [0.1, 0.15) is 45.4 Å². The Balaban J connectivity index is 1.26. The molecule has 0 spiro atoms. The van der Waals surface area contributed by atoms with Crippen LogP contribution in [0.4, 0.5) is 0 Å². The molecule has 1 aromatic carbocycles. The van der Waals surface area contributed by atoms with Crippen molar-refractivity contribution in [3.8, 4) is 11.5 Å². The lowest BCUT2D eigenvalue weighted by Gasteiger charge is -2.56. The fraction of sp³-hybridized carbons (Fsp3) is 0.619. The zero-order chi connectivity index (χ0) is 17.7. The van der Waals surface area contributed by atoms with E-state index in [0.717, 1.165) is 23.5 Å². The fourth-order valence-electron chi connectivity index (χ4n) is 6.03. The molecule has 0 unspecified atom stereocenters. The summed E-state index contributed by atoms with van der Waals surface area (Å²) in [5.74, 6) is 3.67. The first-order valence-electron chi connectivity index (χ1n) is 9.84. The third kappa shape index (κ3) is 2.68. The van der Waals surface area contributed by atoms with E-state index in [1.165, 1.54) is 38.5 Å². The summed E-state index contributed by atoms with van der Waals surface area (Å²) >= 11 is 0. The van der Waals surface area contributed by atoms with Crippen LogP contribution in [0.15, 0.2) is 29.4 Å². The number of nitrogens with zero attached hydrogens (tertiary/aromatic N) is 1. The number of amides is 1. The second-order valence-corrected chi connectivity index (χ2v) is 8.74. The van der Waals surface area contributed by atoms with E-state index >= 15 is 0 Å². The van der Waals surface area contributed by atoms with E-state index in [-0.39, 0.29) is 17.9 Å². The van der Waals surface area contributed by atoms with Gasteiger partial charge >= 0.3 is 0 Å². The summed E-state index contributed by atoms with van der Waals surface area (Å²) in [5.41, 5.74) is 4.07. The highest BCUT2D eigenvalue weighted by molar-refractivity contribution is 5.90.